The van der Waals surface area contributed by atoms with Crippen molar-refractivity contribution in [2.45, 2.75) is 30.9 Å². The second kappa shape index (κ2) is 8.41. The first-order valence-corrected chi connectivity index (χ1v) is 8.48. The summed E-state index contributed by atoms with van der Waals surface area (Å²) in [4.78, 5) is 2.40. The summed E-state index contributed by atoms with van der Waals surface area (Å²) in [5, 5.41) is 4.32. The molecule has 0 amide bonds. The lowest BCUT2D eigenvalue weighted by Gasteiger charge is -2.23. The van der Waals surface area contributed by atoms with Crippen LogP contribution in [0.5, 0.6) is 0 Å². The van der Waals surface area contributed by atoms with Gasteiger partial charge in [-0.15, -0.1) is 0 Å². The summed E-state index contributed by atoms with van der Waals surface area (Å²) < 4.78 is 5.67. The van der Waals surface area contributed by atoms with E-state index >= 15 is 0 Å². The van der Waals surface area contributed by atoms with Crippen LogP contribution in [0.25, 0.3) is 0 Å². The van der Waals surface area contributed by atoms with E-state index in [4.69, 9.17) is 4.74 Å². The maximum Gasteiger partial charge on any atom is 0.0593 e. The first-order chi connectivity index (χ1) is 8.84. The van der Waals surface area contributed by atoms with Crippen molar-refractivity contribution in [2.24, 2.45) is 5.92 Å². The summed E-state index contributed by atoms with van der Waals surface area (Å²) in [5.41, 5.74) is 0. The lowest BCUT2D eigenvalue weighted by molar-refractivity contribution is 0.105. The van der Waals surface area contributed by atoms with Crippen molar-refractivity contribution in [3.8, 4) is 0 Å². The molecule has 2 aliphatic rings. The number of hydrogen-bond donors (Lipinski definition) is 1. The molecule has 0 spiro atoms. The van der Waals surface area contributed by atoms with Crippen LogP contribution in [0.3, 0.4) is 0 Å². The third-order valence-corrected chi connectivity index (χ3v) is 5.14. The predicted octanol–water partition coefficient (Wildman–Crippen LogP) is 1.83. The van der Waals surface area contributed by atoms with E-state index in [0.29, 0.717) is 0 Å². The molecule has 1 aliphatic heterocycles. The van der Waals surface area contributed by atoms with Gasteiger partial charge in [0.1, 0.15) is 0 Å². The van der Waals surface area contributed by atoms with Crippen molar-refractivity contribution in [3.05, 3.63) is 0 Å². The Bertz CT molecular complexity index is 218. The summed E-state index contributed by atoms with van der Waals surface area (Å²) in [6.07, 6.45) is 5.48. The Balaban J connectivity index is 1.39. The minimum atomic E-state index is 0.894. The molecule has 0 radical (unpaired) electrons. The van der Waals surface area contributed by atoms with Gasteiger partial charge in [0.25, 0.3) is 0 Å². The summed E-state index contributed by atoms with van der Waals surface area (Å²) in [6.45, 7) is 6.61. The zero-order valence-electron chi connectivity index (χ0n) is 11.7. The third kappa shape index (κ3) is 6.41. The Kier molecular flexibility index (Phi) is 6.84. The van der Waals surface area contributed by atoms with Crippen LogP contribution in [-0.2, 0) is 4.74 Å². The largest absolute Gasteiger partial charge is 0.380 e. The van der Waals surface area contributed by atoms with E-state index in [-0.39, 0.29) is 0 Å². The number of nitrogens with zero attached hydrogens (tertiary/aromatic N) is 1. The fourth-order valence-electron chi connectivity index (χ4n) is 2.20. The molecule has 0 aromatic rings. The Hall–Kier alpha value is 0.230. The van der Waals surface area contributed by atoms with Crippen LogP contribution in [0.4, 0.5) is 0 Å². The average molecular weight is 272 g/mol. The summed E-state index contributed by atoms with van der Waals surface area (Å²) >= 11 is 2.16. The number of hydrogen-bond acceptors (Lipinski definition) is 4. The molecular weight excluding hydrogens is 244 g/mol. The van der Waals surface area contributed by atoms with E-state index in [1.54, 1.807) is 0 Å². The lowest BCUT2D eigenvalue weighted by atomic mass is 10.2. The number of piperidine rings is 1. The van der Waals surface area contributed by atoms with E-state index in [1.165, 1.54) is 51.1 Å². The number of nitrogens with one attached hydrogen (secondary N) is 1. The zero-order valence-corrected chi connectivity index (χ0v) is 12.5. The minimum absolute atomic E-state index is 0.894. The van der Waals surface area contributed by atoms with E-state index in [0.717, 1.165) is 30.9 Å². The van der Waals surface area contributed by atoms with Gasteiger partial charge in [0.2, 0.25) is 0 Å². The van der Waals surface area contributed by atoms with Crippen molar-refractivity contribution in [1.82, 2.24) is 10.2 Å². The van der Waals surface area contributed by atoms with Gasteiger partial charge in [-0.2, -0.15) is 11.8 Å². The number of rotatable bonds is 9. The van der Waals surface area contributed by atoms with Crippen molar-refractivity contribution in [3.63, 3.8) is 0 Å². The zero-order chi connectivity index (χ0) is 12.6. The van der Waals surface area contributed by atoms with Gasteiger partial charge in [0.05, 0.1) is 6.61 Å². The first-order valence-electron chi connectivity index (χ1n) is 7.43. The van der Waals surface area contributed by atoms with Gasteiger partial charge in [0, 0.05) is 30.7 Å². The molecule has 1 saturated carbocycles. The highest BCUT2D eigenvalue weighted by molar-refractivity contribution is 7.99. The van der Waals surface area contributed by atoms with Crippen molar-refractivity contribution in [2.75, 3.05) is 52.2 Å². The predicted molar refractivity (Wildman–Crippen MR) is 79.4 cm³/mol. The second-order valence-electron chi connectivity index (χ2n) is 5.64. The van der Waals surface area contributed by atoms with Gasteiger partial charge in [-0.05, 0) is 51.7 Å². The standard InChI is InChI=1S/C14H28N2OS/c1-16(8-10-17-12-13-2-3-13)9-11-18-14-4-6-15-7-5-14/h13-15H,2-12H2,1H3. The SMILES string of the molecule is CN(CCOCC1CC1)CCSC1CCNCC1. The number of thioether (sulfide) groups is 1. The topological polar surface area (TPSA) is 24.5 Å². The Morgan fingerprint density at radius 2 is 1.94 bits per heavy atom. The van der Waals surface area contributed by atoms with Crippen LogP contribution >= 0.6 is 11.8 Å². The number of ether oxygens (including phenoxy) is 1. The molecule has 1 aliphatic carbocycles. The minimum Gasteiger partial charge on any atom is -0.380 e. The molecule has 3 nitrogen and oxygen atoms in total. The van der Waals surface area contributed by atoms with E-state index in [2.05, 4.69) is 29.0 Å². The van der Waals surface area contributed by atoms with Crippen molar-refractivity contribution < 1.29 is 4.74 Å². The molecule has 0 aromatic carbocycles. The molecule has 1 saturated heterocycles. The Morgan fingerprint density at radius 1 is 1.17 bits per heavy atom. The highest BCUT2D eigenvalue weighted by Gasteiger charge is 2.20. The van der Waals surface area contributed by atoms with Crippen LogP contribution in [0, 0.1) is 5.92 Å². The van der Waals surface area contributed by atoms with Gasteiger partial charge in [-0.1, -0.05) is 0 Å². The maximum absolute atomic E-state index is 5.67. The fraction of sp³-hybridized carbons (Fsp3) is 1.00. The van der Waals surface area contributed by atoms with Crippen LogP contribution < -0.4 is 5.32 Å². The van der Waals surface area contributed by atoms with Gasteiger partial charge >= 0.3 is 0 Å². The molecule has 0 bridgehead atoms. The lowest BCUT2D eigenvalue weighted by Crippen LogP contribution is -2.30. The first kappa shape index (κ1) is 14.6. The normalized spacial score (nSPS) is 21.7. The van der Waals surface area contributed by atoms with Crippen molar-refractivity contribution >= 4 is 11.8 Å². The molecule has 0 aromatic heterocycles. The van der Waals surface area contributed by atoms with Crippen LogP contribution in [0.15, 0.2) is 0 Å². The molecule has 4 heteroatoms. The molecule has 106 valence electrons. The van der Waals surface area contributed by atoms with Crippen LogP contribution in [-0.4, -0.2) is 62.3 Å². The highest BCUT2D eigenvalue weighted by Crippen LogP contribution is 2.28. The molecule has 18 heavy (non-hydrogen) atoms. The molecule has 1 N–H and O–H groups in total. The smallest absolute Gasteiger partial charge is 0.0593 e. The van der Waals surface area contributed by atoms with Gasteiger partial charge in [-0.25, -0.2) is 0 Å². The third-order valence-electron chi connectivity index (χ3n) is 3.78. The summed E-state index contributed by atoms with van der Waals surface area (Å²) in [6, 6.07) is 0. The summed E-state index contributed by atoms with van der Waals surface area (Å²) in [7, 11) is 2.21. The van der Waals surface area contributed by atoms with Gasteiger partial charge < -0.3 is 15.0 Å². The average Bonchev–Trinajstić information content (AvgIpc) is 3.20. The highest BCUT2D eigenvalue weighted by atomic mass is 32.2. The molecule has 2 rings (SSSR count). The molecule has 0 atom stereocenters. The molecule has 1 heterocycles. The van der Waals surface area contributed by atoms with Crippen molar-refractivity contribution in [1.29, 1.82) is 0 Å². The van der Waals surface area contributed by atoms with E-state index in [9.17, 15) is 0 Å². The Labute approximate surface area is 116 Å². The van der Waals surface area contributed by atoms with Gasteiger partial charge in [-0.3, -0.25) is 0 Å². The Morgan fingerprint density at radius 3 is 2.67 bits per heavy atom. The van der Waals surface area contributed by atoms with Crippen LogP contribution in [0.2, 0.25) is 0 Å². The maximum atomic E-state index is 5.67. The molecule has 2 fully saturated rings. The summed E-state index contributed by atoms with van der Waals surface area (Å²) in [5.74, 6) is 2.16. The van der Waals surface area contributed by atoms with E-state index < -0.39 is 0 Å². The fourth-order valence-corrected chi connectivity index (χ4v) is 3.52. The van der Waals surface area contributed by atoms with Crippen LogP contribution in [0.1, 0.15) is 25.7 Å². The number of likely N-dealkylation sites (N-methyl/N-ethyl adjacent to an activating group) is 1. The molecule has 0 unspecified atom stereocenters. The van der Waals surface area contributed by atoms with Gasteiger partial charge in [0.15, 0.2) is 0 Å². The quantitative estimate of drug-likeness (QED) is 0.647. The second-order valence-corrected chi connectivity index (χ2v) is 7.05. The molecular formula is C14H28N2OS. The van der Waals surface area contributed by atoms with E-state index in [1.807, 2.05) is 0 Å². The monoisotopic (exact) mass is 272 g/mol.